The highest BCUT2D eigenvalue weighted by molar-refractivity contribution is 6.12. The molecule has 50 heavy (non-hydrogen) atoms. The summed E-state index contributed by atoms with van der Waals surface area (Å²) in [4.78, 5) is 0. The average molecular weight is 671 g/mol. The highest BCUT2D eigenvalue weighted by Gasteiger charge is 2.36. The number of alkyl halides is 6. The molecule has 8 aromatic rings. The van der Waals surface area contributed by atoms with Crippen LogP contribution in [0.3, 0.4) is 0 Å². The largest absolute Gasteiger partial charge is 0.418 e. The van der Waals surface area contributed by atoms with Crippen molar-refractivity contribution >= 4 is 43.6 Å². The lowest BCUT2D eigenvalue weighted by Crippen LogP contribution is -2.11. The minimum absolute atomic E-state index is 0.102. The number of hydrogen-bond donors (Lipinski definition) is 0. The molecule has 0 aliphatic carbocycles. The maximum atomic E-state index is 14.3. The van der Waals surface area contributed by atoms with Gasteiger partial charge < -0.3 is 9.13 Å². The van der Waals surface area contributed by atoms with Crippen LogP contribution in [-0.2, 0) is 12.4 Å². The van der Waals surface area contributed by atoms with Gasteiger partial charge in [-0.3, -0.25) is 0 Å². The first-order chi connectivity index (χ1) is 24.0. The first-order valence-corrected chi connectivity index (χ1v) is 15.3. The molecule has 0 N–H and O–H groups in total. The number of nitriles is 2. The Bertz CT molecular complexity index is 2580. The van der Waals surface area contributed by atoms with E-state index in [1.807, 2.05) is 36.4 Å². The van der Waals surface area contributed by atoms with Crippen molar-refractivity contribution < 1.29 is 26.3 Å². The number of para-hydroxylation sites is 2. The van der Waals surface area contributed by atoms with Gasteiger partial charge in [0.15, 0.2) is 0 Å². The van der Waals surface area contributed by atoms with Gasteiger partial charge in [0.05, 0.1) is 67.8 Å². The van der Waals surface area contributed by atoms with Crippen LogP contribution in [-0.4, -0.2) is 9.13 Å². The maximum absolute atomic E-state index is 14.3. The van der Waals surface area contributed by atoms with Gasteiger partial charge in [-0.2, -0.15) is 36.9 Å². The topological polar surface area (TPSA) is 57.4 Å². The molecule has 0 saturated carbocycles. The molecule has 6 aromatic carbocycles. The first kappa shape index (κ1) is 30.8. The van der Waals surface area contributed by atoms with Crippen molar-refractivity contribution in [2.24, 2.45) is 0 Å². The SMILES string of the molecule is N#Cc1ccc(-n2c3ccccc3c3cc(-c4ccc5c(c4)c4ccccc4n5-c4ccc(C#N)cc4C(F)(F)F)ccc32)c(C(F)(F)F)c1. The van der Waals surface area contributed by atoms with Gasteiger partial charge in [0.25, 0.3) is 0 Å². The van der Waals surface area contributed by atoms with E-state index < -0.39 is 23.5 Å². The lowest BCUT2D eigenvalue weighted by atomic mass is 10.0. The van der Waals surface area contributed by atoms with E-state index in [0.29, 0.717) is 32.8 Å². The monoisotopic (exact) mass is 670 g/mol. The van der Waals surface area contributed by atoms with Gasteiger partial charge in [0.2, 0.25) is 0 Å². The van der Waals surface area contributed by atoms with Gasteiger partial charge >= 0.3 is 12.4 Å². The Labute approximate surface area is 279 Å². The first-order valence-electron chi connectivity index (χ1n) is 15.3. The van der Waals surface area contributed by atoms with Gasteiger partial charge in [0, 0.05) is 21.5 Å². The summed E-state index contributed by atoms with van der Waals surface area (Å²) in [6, 6.07) is 35.8. The summed E-state index contributed by atoms with van der Waals surface area (Å²) in [7, 11) is 0. The van der Waals surface area contributed by atoms with Crippen molar-refractivity contribution in [1.82, 2.24) is 9.13 Å². The molecular formula is C40H20F6N4. The normalized spacial score (nSPS) is 12.2. The van der Waals surface area contributed by atoms with E-state index in [1.165, 1.54) is 24.3 Å². The molecule has 2 aromatic heterocycles. The molecule has 8 rings (SSSR count). The molecule has 0 atom stereocenters. The highest BCUT2D eigenvalue weighted by Crippen LogP contribution is 2.43. The number of rotatable bonds is 3. The Morgan fingerprint density at radius 2 is 0.800 bits per heavy atom. The number of nitrogens with zero attached hydrogens (tertiary/aromatic N) is 4. The molecule has 0 fully saturated rings. The predicted octanol–water partition coefficient (Wildman–Crippen LogP) is 11.3. The van der Waals surface area contributed by atoms with Crippen LogP contribution in [0.25, 0.3) is 66.1 Å². The summed E-state index contributed by atoms with van der Waals surface area (Å²) in [6.45, 7) is 0. The minimum atomic E-state index is -4.72. The molecular weight excluding hydrogens is 650 g/mol. The van der Waals surface area contributed by atoms with Crippen molar-refractivity contribution in [2.45, 2.75) is 12.4 Å². The maximum Gasteiger partial charge on any atom is 0.418 e. The van der Waals surface area contributed by atoms with E-state index in [-0.39, 0.29) is 22.5 Å². The highest BCUT2D eigenvalue weighted by atomic mass is 19.4. The van der Waals surface area contributed by atoms with Crippen LogP contribution in [0.5, 0.6) is 0 Å². The fourth-order valence-electron chi connectivity index (χ4n) is 6.88. The van der Waals surface area contributed by atoms with Crippen LogP contribution in [0.1, 0.15) is 22.3 Å². The minimum Gasteiger partial charge on any atom is -0.309 e. The Morgan fingerprint density at radius 1 is 0.420 bits per heavy atom. The molecule has 0 aliphatic heterocycles. The predicted molar refractivity (Wildman–Crippen MR) is 180 cm³/mol. The second kappa shape index (κ2) is 11.0. The third-order valence-corrected chi connectivity index (χ3v) is 9.02. The number of aromatic nitrogens is 2. The van der Waals surface area contributed by atoms with Gasteiger partial charge in [-0.15, -0.1) is 0 Å². The van der Waals surface area contributed by atoms with Gasteiger partial charge in [0.1, 0.15) is 0 Å². The third kappa shape index (κ3) is 4.76. The second-order valence-electron chi connectivity index (χ2n) is 11.9. The van der Waals surface area contributed by atoms with E-state index >= 15 is 0 Å². The second-order valence-corrected chi connectivity index (χ2v) is 11.9. The van der Waals surface area contributed by atoms with E-state index in [1.54, 1.807) is 69.8 Å². The molecule has 10 heteroatoms. The molecule has 0 spiro atoms. The van der Waals surface area contributed by atoms with E-state index in [0.717, 1.165) is 34.0 Å². The summed E-state index contributed by atoms with van der Waals surface area (Å²) >= 11 is 0. The van der Waals surface area contributed by atoms with E-state index in [9.17, 15) is 36.9 Å². The smallest absolute Gasteiger partial charge is 0.309 e. The molecule has 0 bridgehead atoms. The molecule has 4 nitrogen and oxygen atoms in total. The zero-order chi connectivity index (χ0) is 34.9. The molecule has 0 saturated heterocycles. The average Bonchev–Trinajstić information content (AvgIpc) is 3.62. The van der Waals surface area contributed by atoms with Crippen LogP contribution >= 0.6 is 0 Å². The number of halogens is 6. The summed E-state index contributed by atoms with van der Waals surface area (Å²) in [5.74, 6) is 0. The molecule has 0 unspecified atom stereocenters. The number of hydrogen-bond acceptors (Lipinski definition) is 2. The molecule has 2 heterocycles. The molecule has 0 amide bonds. The lowest BCUT2D eigenvalue weighted by Gasteiger charge is -2.16. The van der Waals surface area contributed by atoms with Crippen molar-refractivity contribution in [3.8, 4) is 34.6 Å². The van der Waals surface area contributed by atoms with Crippen molar-refractivity contribution in [3.05, 3.63) is 144 Å². The Hall–Kier alpha value is -6.52. The van der Waals surface area contributed by atoms with Gasteiger partial charge in [-0.1, -0.05) is 48.5 Å². The zero-order valence-electron chi connectivity index (χ0n) is 25.6. The van der Waals surface area contributed by atoms with Gasteiger partial charge in [-0.25, -0.2) is 0 Å². The fourth-order valence-corrected chi connectivity index (χ4v) is 6.88. The summed E-state index contributed by atoms with van der Waals surface area (Å²) < 4.78 is 89.0. The van der Waals surface area contributed by atoms with Gasteiger partial charge in [-0.05, 0) is 83.9 Å². The standard InChI is InChI=1S/C40H20F6N4/c41-39(42,43)31-17-23(21-47)9-13-37(31)49-33-7-3-1-5-27(33)29-19-25(11-15-35(29)49)26-12-16-36-30(20-26)28-6-2-4-8-34(28)50(36)38-14-10-24(22-48)18-32(38)40(44,45)46/h1-20H. The quantitative estimate of drug-likeness (QED) is 0.176. The summed E-state index contributed by atoms with van der Waals surface area (Å²) in [6.07, 6.45) is -9.43. The number of benzene rings is 6. The summed E-state index contributed by atoms with van der Waals surface area (Å²) in [5.41, 5.74) is 1.40. The zero-order valence-corrected chi connectivity index (χ0v) is 25.6. The van der Waals surface area contributed by atoms with Crippen LogP contribution in [0.2, 0.25) is 0 Å². The molecule has 0 radical (unpaired) electrons. The fraction of sp³-hybridized carbons (Fsp3) is 0.0500. The molecule has 242 valence electrons. The van der Waals surface area contributed by atoms with Crippen LogP contribution in [0.15, 0.2) is 121 Å². The van der Waals surface area contributed by atoms with Crippen LogP contribution < -0.4 is 0 Å². The lowest BCUT2D eigenvalue weighted by molar-refractivity contribution is -0.138. The van der Waals surface area contributed by atoms with E-state index in [4.69, 9.17) is 0 Å². The summed E-state index contributed by atoms with van der Waals surface area (Å²) in [5, 5.41) is 21.4. The number of fused-ring (bicyclic) bond motifs is 6. The molecule has 0 aliphatic rings. The van der Waals surface area contributed by atoms with Crippen LogP contribution in [0, 0.1) is 22.7 Å². The third-order valence-electron chi connectivity index (χ3n) is 9.02. The van der Waals surface area contributed by atoms with Crippen molar-refractivity contribution in [2.75, 3.05) is 0 Å². The Morgan fingerprint density at radius 3 is 1.18 bits per heavy atom. The van der Waals surface area contributed by atoms with Crippen molar-refractivity contribution in [3.63, 3.8) is 0 Å². The Kier molecular flexibility index (Phi) is 6.78. The van der Waals surface area contributed by atoms with Crippen LogP contribution in [0.4, 0.5) is 26.3 Å². The Balaban J connectivity index is 1.34. The van der Waals surface area contributed by atoms with E-state index in [2.05, 4.69) is 0 Å². The van der Waals surface area contributed by atoms with Crippen molar-refractivity contribution in [1.29, 1.82) is 10.5 Å².